The van der Waals surface area contributed by atoms with E-state index >= 15 is 0 Å². The number of carbonyl (C=O) groups excluding carboxylic acids is 3. The molecule has 5 heterocycles. The molecule has 0 radical (unpaired) electrons. The van der Waals surface area contributed by atoms with Crippen LogP contribution < -0.4 is 21.2 Å². The normalized spacial score (nSPS) is 32.6. The first kappa shape index (κ1) is 33.4. The highest BCUT2D eigenvalue weighted by atomic mass is 17.3. The van der Waals surface area contributed by atoms with Crippen molar-refractivity contribution in [1.82, 2.24) is 10.6 Å². The van der Waals surface area contributed by atoms with Crippen molar-refractivity contribution in [1.29, 1.82) is 0 Å². The molecule has 5 fully saturated rings. The van der Waals surface area contributed by atoms with Crippen molar-refractivity contribution < 1.29 is 42.8 Å². The van der Waals surface area contributed by atoms with Gasteiger partial charge >= 0.3 is 11.6 Å². The Morgan fingerprint density at radius 1 is 0.979 bits per heavy atom. The Labute approximate surface area is 273 Å². The maximum Gasteiger partial charge on any atom is 0.336 e. The first-order valence-electron chi connectivity index (χ1n) is 16.6. The number of nitrogens with zero attached hydrogens (tertiary/aromatic N) is 1. The largest absolute Gasteiger partial charge is 0.435 e. The van der Waals surface area contributed by atoms with E-state index in [1.54, 1.807) is 6.07 Å². The molecule has 13 heteroatoms. The number of rotatable bonds is 10. The molecule has 256 valence electrons. The summed E-state index contributed by atoms with van der Waals surface area (Å²) in [4.78, 5) is 63.8. The van der Waals surface area contributed by atoms with Gasteiger partial charge in [0.25, 0.3) is 0 Å². The predicted octanol–water partition coefficient (Wildman–Crippen LogP) is 3.17. The molecule has 13 nitrogen and oxygen atoms in total. The molecule has 4 aliphatic heterocycles. The van der Waals surface area contributed by atoms with Crippen LogP contribution in [0.5, 0.6) is 0 Å². The van der Waals surface area contributed by atoms with E-state index in [1.165, 1.54) is 6.07 Å². The Hall–Kier alpha value is -3.52. The fraction of sp³-hybridized carbons (Fsp3) is 0.647. The summed E-state index contributed by atoms with van der Waals surface area (Å²) in [5, 5.41) is 6.14. The first-order chi connectivity index (χ1) is 22.4. The molecule has 5 aliphatic rings. The number of esters is 1. The molecular formula is C34H45N3O10. The topological polar surface area (TPSA) is 155 Å². The van der Waals surface area contributed by atoms with Gasteiger partial charge in [-0.1, -0.05) is 13.8 Å². The fourth-order valence-corrected chi connectivity index (χ4v) is 7.78. The van der Waals surface area contributed by atoms with Crippen LogP contribution in [0.1, 0.15) is 64.9 Å². The molecule has 1 saturated carbocycles. The zero-order valence-corrected chi connectivity index (χ0v) is 27.7. The van der Waals surface area contributed by atoms with Crippen molar-refractivity contribution in [2.45, 2.75) is 89.7 Å². The van der Waals surface area contributed by atoms with Crippen LogP contribution >= 0.6 is 0 Å². The van der Waals surface area contributed by atoms with Gasteiger partial charge in [-0.05, 0) is 55.7 Å². The molecule has 2 bridgehead atoms. The number of nitrogens with one attached hydrogen (secondary N) is 2. The average Bonchev–Trinajstić information content (AvgIpc) is 3.26. The van der Waals surface area contributed by atoms with Gasteiger partial charge in [0.15, 0.2) is 11.9 Å². The predicted molar refractivity (Wildman–Crippen MR) is 169 cm³/mol. The lowest BCUT2D eigenvalue weighted by Crippen LogP contribution is -2.70. The molecule has 2 N–H and O–H groups in total. The molecule has 1 aromatic heterocycles. The third-order valence-corrected chi connectivity index (χ3v) is 10.4. The van der Waals surface area contributed by atoms with Crippen LogP contribution in [0.4, 0.5) is 5.69 Å². The minimum absolute atomic E-state index is 0.0171. The third-order valence-electron chi connectivity index (χ3n) is 10.4. The summed E-state index contributed by atoms with van der Waals surface area (Å²) in [5.74, 6) is -1.61. The number of benzene rings is 1. The number of amides is 2. The van der Waals surface area contributed by atoms with Crippen molar-refractivity contribution in [3.05, 3.63) is 40.2 Å². The minimum atomic E-state index is -0.923. The second kappa shape index (κ2) is 13.2. The Balaban J connectivity index is 0.948. The highest BCUT2D eigenvalue weighted by molar-refractivity contribution is 5.88. The zero-order chi connectivity index (χ0) is 33.5. The maximum absolute atomic E-state index is 12.8. The summed E-state index contributed by atoms with van der Waals surface area (Å²) in [6, 6.07) is 6.78. The summed E-state index contributed by atoms with van der Waals surface area (Å²) in [5.41, 5.74) is 0.555. The van der Waals surface area contributed by atoms with Crippen LogP contribution in [0, 0.1) is 23.7 Å². The Morgan fingerprint density at radius 3 is 2.51 bits per heavy atom. The van der Waals surface area contributed by atoms with Crippen molar-refractivity contribution in [3.63, 3.8) is 0 Å². The monoisotopic (exact) mass is 655 g/mol. The number of hydrogen-bond donors (Lipinski definition) is 2. The molecule has 1 spiro atoms. The summed E-state index contributed by atoms with van der Waals surface area (Å²) in [6.07, 6.45) is 1.75. The lowest BCUT2D eigenvalue weighted by Gasteiger charge is -2.59. The second-order valence-corrected chi connectivity index (χ2v) is 13.8. The van der Waals surface area contributed by atoms with E-state index in [0.29, 0.717) is 28.9 Å². The van der Waals surface area contributed by atoms with Gasteiger partial charge in [-0.15, -0.1) is 0 Å². The highest BCUT2D eigenvalue weighted by Crippen LogP contribution is 2.60. The van der Waals surface area contributed by atoms with Crippen molar-refractivity contribution in [2.24, 2.45) is 23.7 Å². The van der Waals surface area contributed by atoms with Gasteiger partial charge in [0, 0.05) is 75.1 Å². The number of fused-ring (bicyclic) bond motifs is 3. The van der Waals surface area contributed by atoms with Crippen LogP contribution in [-0.4, -0.2) is 68.9 Å². The van der Waals surface area contributed by atoms with Gasteiger partial charge in [0.2, 0.25) is 23.9 Å². The van der Waals surface area contributed by atoms with E-state index in [0.717, 1.165) is 24.9 Å². The quantitative estimate of drug-likeness (QED) is 0.168. The third kappa shape index (κ3) is 6.63. The van der Waals surface area contributed by atoms with Crippen LogP contribution in [0.3, 0.4) is 0 Å². The number of ether oxygens (including phenoxy) is 3. The molecule has 2 aromatic rings. The second-order valence-electron chi connectivity index (χ2n) is 13.8. The Bertz CT molecular complexity index is 1580. The van der Waals surface area contributed by atoms with E-state index in [-0.39, 0.29) is 61.9 Å². The van der Waals surface area contributed by atoms with Crippen LogP contribution in [0.25, 0.3) is 11.0 Å². The standard InChI is InChI=1S/C34H45N3O10/c1-19-6-9-25-20(2)31(44-32-34(25)24(19)12-13-33(3,45-32)46-47-34)43-29(40)11-10-27(38)35-14-15-36-28(39)16-21-17-30(41)42-26-18-22(37(4)5)7-8-23(21)26/h7-8,17-20,24-25,31-32H,6,9-16H2,1-5H3,(H,35,38)(H,36,39)/t19-,20-,24+,25?,31-,32-,33+,34?/m1/s1. The van der Waals surface area contributed by atoms with Gasteiger partial charge in [0.05, 0.1) is 12.8 Å². The maximum atomic E-state index is 12.8. The molecular weight excluding hydrogens is 610 g/mol. The minimum Gasteiger partial charge on any atom is -0.435 e. The van der Waals surface area contributed by atoms with Gasteiger partial charge in [0.1, 0.15) is 5.58 Å². The number of anilines is 1. The summed E-state index contributed by atoms with van der Waals surface area (Å²) in [6.45, 7) is 6.44. The van der Waals surface area contributed by atoms with E-state index < -0.39 is 35.6 Å². The summed E-state index contributed by atoms with van der Waals surface area (Å²) in [7, 11) is 3.77. The van der Waals surface area contributed by atoms with Crippen molar-refractivity contribution in [2.75, 3.05) is 32.1 Å². The van der Waals surface area contributed by atoms with Crippen molar-refractivity contribution in [3.8, 4) is 0 Å². The average molecular weight is 656 g/mol. The fourth-order valence-electron chi connectivity index (χ4n) is 7.78. The lowest BCUT2D eigenvalue weighted by atomic mass is 9.58. The number of carbonyl (C=O) groups is 3. The molecule has 1 aliphatic carbocycles. The first-order valence-corrected chi connectivity index (χ1v) is 16.6. The molecule has 4 saturated heterocycles. The molecule has 8 atom stereocenters. The SMILES string of the molecule is C[C@@H]1CCC2[C@@H](C)[C@H](OC(=O)CCC(=O)NCCNC(=O)Cc3cc(=O)oc4cc(N(C)C)ccc34)O[C@@H]3O[C@]4(C)CC[C@@H]1C23OO4. The number of hydrogen-bond acceptors (Lipinski definition) is 11. The molecule has 2 unspecified atom stereocenters. The van der Waals surface area contributed by atoms with E-state index in [1.807, 2.05) is 45.0 Å². The van der Waals surface area contributed by atoms with Crippen LogP contribution in [-0.2, 0) is 44.8 Å². The van der Waals surface area contributed by atoms with E-state index in [4.69, 9.17) is 28.4 Å². The van der Waals surface area contributed by atoms with Gasteiger partial charge in [-0.2, -0.15) is 0 Å². The highest BCUT2D eigenvalue weighted by Gasteiger charge is 2.69. The van der Waals surface area contributed by atoms with Crippen molar-refractivity contribution >= 4 is 34.4 Å². The van der Waals surface area contributed by atoms with Gasteiger partial charge < -0.3 is 34.2 Å². The van der Waals surface area contributed by atoms with Gasteiger partial charge in [-0.25, -0.2) is 14.6 Å². The van der Waals surface area contributed by atoms with Crippen LogP contribution in [0.15, 0.2) is 33.5 Å². The Morgan fingerprint density at radius 2 is 1.74 bits per heavy atom. The van der Waals surface area contributed by atoms with E-state index in [2.05, 4.69) is 17.6 Å². The molecule has 47 heavy (non-hydrogen) atoms. The molecule has 1 aromatic carbocycles. The lowest BCUT2D eigenvalue weighted by molar-refractivity contribution is -0.576. The summed E-state index contributed by atoms with van der Waals surface area (Å²) >= 11 is 0. The summed E-state index contributed by atoms with van der Waals surface area (Å²) < 4.78 is 23.7. The zero-order valence-electron chi connectivity index (χ0n) is 27.7. The smallest absolute Gasteiger partial charge is 0.336 e. The molecule has 7 rings (SSSR count). The van der Waals surface area contributed by atoms with E-state index in [9.17, 15) is 19.2 Å². The Kier molecular flexibility index (Phi) is 9.36. The van der Waals surface area contributed by atoms with Crippen LogP contribution in [0.2, 0.25) is 0 Å². The van der Waals surface area contributed by atoms with Gasteiger partial charge in [-0.3, -0.25) is 14.4 Å². The molecule has 2 amide bonds.